The van der Waals surface area contributed by atoms with Crippen molar-refractivity contribution in [2.45, 2.75) is 91.3 Å². The quantitative estimate of drug-likeness (QED) is 0.317. The molecule has 44 heavy (non-hydrogen) atoms. The van der Waals surface area contributed by atoms with Gasteiger partial charge in [0.15, 0.2) is 0 Å². The Labute approximate surface area is 260 Å². The van der Waals surface area contributed by atoms with Gasteiger partial charge >= 0.3 is 6.09 Å². The van der Waals surface area contributed by atoms with Gasteiger partial charge < -0.3 is 24.4 Å². The lowest BCUT2D eigenvalue weighted by atomic mass is 9.84. The molecule has 1 aliphatic carbocycles. The van der Waals surface area contributed by atoms with Crippen LogP contribution in [0.3, 0.4) is 0 Å². The summed E-state index contributed by atoms with van der Waals surface area (Å²) in [4.78, 5) is 34.2. The number of rotatable bonds is 8. The summed E-state index contributed by atoms with van der Waals surface area (Å²) in [5.41, 5.74) is 3.79. The number of hydrogen-bond acceptors (Lipinski definition) is 5. The van der Waals surface area contributed by atoms with E-state index in [1.165, 1.54) is 17.7 Å². The molecule has 0 atom stereocenters. The number of hydrogen-bond donors (Lipinski definition) is 1. The van der Waals surface area contributed by atoms with Crippen molar-refractivity contribution in [3.05, 3.63) is 59.3 Å². The number of carbonyl (C=O) groups is 2. The van der Waals surface area contributed by atoms with Crippen LogP contribution in [0.1, 0.15) is 81.8 Å². The van der Waals surface area contributed by atoms with Gasteiger partial charge in [0.05, 0.1) is 23.0 Å². The van der Waals surface area contributed by atoms with Crippen LogP contribution in [0.2, 0.25) is 0 Å². The summed E-state index contributed by atoms with van der Waals surface area (Å²) in [6.07, 6.45) is 10.7. The van der Waals surface area contributed by atoms with E-state index in [-0.39, 0.29) is 24.1 Å². The van der Waals surface area contributed by atoms with Crippen LogP contribution < -0.4 is 5.32 Å². The molecule has 1 saturated carbocycles. The standard InChI is InChI=1S/C35H48FN5O3/c1-22(2)39(7)33(42)29-15-27(36)10-13-30(29)41-21-26(32-23(3)16-37-17-31(32)41)14-25-19-40(20-25)18-24-8-11-28(12-9-24)38-34(43)44-35(4,5)6/h10,13,15-17,21-22,24-25,28H,8-9,11-12,14,18-20H2,1-7H3,(H,38,43). The highest BCUT2D eigenvalue weighted by atomic mass is 19.1. The fourth-order valence-electron chi connectivity index (χ4n) is 6.70. The highest BCUT2D eigenvalue weighted by Crippen LogP contribution is 2.34. The van der Waals surface area contributed by atoms with Crippen LogP contribution in [0.25, 0.3) is 16.6 Å². The van der Waals surface area contributed by atoms with Crippen LogP contribution in [0.5, 0.6) is 0 Å². The minimum atomic E-state index is -0.479. The van der Waals surface area contributed by atoms with Gasteiger partial charge in [-0.1, -0.05) is 0 Å². The van der Waals surface area contributed by atoms with Crippen LogP contribution in [-0.2, 0) is 11.2 Å². The predicted molar refractivity (Wildman–Crippen MR) is 172 cm³/mol. The highest BCUT2D eigenvalue weighted by molar-refractivity contribution is 5.99. The van der Waals surface area contributed by atoms with E-state index >= 15 is 0 Å². The van der Waals surface area contributed by atoms with Gasteiger partial charge in [0.25, 0.3) is 5.91 Å². The number of pyridine rings is 1. The number of aromatic nitrogens is 2. The maximum Gasteiger partial charge on any atom is 0.407 e. The molecule has 2 aromatic heterocycles. The summed E-state index contributed by atoms with van der Waals surface area (Å²) >= 11 is 0. The van der Waals surface area contributed by atoms with Crippen LogP contribution in [0.15, 0.2) is 36.8 Å². The average molecular weight is 606 g/mol. The molecule has 2 amide bonds. The zero-order chi connectivity index (χ0) is 31.8. The molecule has 0 bridgehead atoms. The molecule has 238 valence electrons. The van der Waals surface area contributed by atoms with Gasteiger partial charge in [-0.15, -0.1) is 0 Å². The number of likely N-dealkylation sites (tertiary alicyclic amines) is 1. The number of ether oxygens (including phenoxy) is 1. The summed E-state index contributed by atoms with van der Waals surface area (Å²) < 4.78 is 21.8. The molecule has 0 spiro atoms. The normalized spacial score (nSPS) is 19.7. The second-order valence-corrected chi connectivity index (χ2v) is 14.2. The number of halogens is 1. The first kappa shape index (κ1) is 31.9. The van der Waals surface area contributed by atoms with E-state index < -0.39 is 11.4 Å². The molecule has 3 aromatic rings. The summed E-state index contributed by atoms with van der Waals surface area (Å²) in [6.45, 7) is 14.9. The molecule has 8 nitrogen and oxygen atoms in total. The monoisotopic (exact) mass is 605 g/mol. The number of fused-ring (bicyclic) bond motifs is 1. The van der Waals surface area contributed by atoms with Gasteiger partial charge in [-0.05, 0) is 115 Å². The molecule has 1 aromatic carbocycles. The first-order valence-electron chi connectivity index (χ1n) is 16.0. The minimum Gasteiger partial charge on any atom is -0.444 e. The van der Waals surface area contributed by atoms with Crippen molar-refractivity contribution in [2.24, 2.45) is 11.8 Å². The van der Waals surface area contributed by atoms with E-state index in [9.17, 15) is 14.0 Å². The maximum atomic E-state index is 14.4. The summed E-state index contributed by atoms with van der Waals surface area (Å²) in [6, 6.07) is 4.65. The number of benzene rings is 1. The van der Waals surface area contributed by atoms with E-state index in [0.717, 1.165) is 68.2 Å². The molecule has 3 heterocycles. The summed E-state index contributed by atoms with van der Waals surface area (Å²) in [5, 5.41) is 4.21. The number of alkyl carbamates (subject to hydrolysis) is 1. The second kappa shape index (κ2) is 12.9. The Morgan fingerprint density at radius 3 is 2.48 bits per heavy atom. The summed E-state index contributed by atoms with van der Waals surface area (Å²) in [5.74, 6) is 0.569. The SMILES string of the molecule is Cc1cncc2c1c(CC1CN(CC3CCC(NC(=O)OC(C)(C)C)CC3)C1)cn2-c1ccc(F)cc1C(=O)N(C)C(C)C. The molecule has 1 saturated heterocycles. The first-order chi connectivity index (χ1) is 20.8. The largest absolute Gasteiger partial charge is 0.444 e. The molecule has 2 fully saturated rings. The summed E-state index contributed by atoms with van der Waals surface area (Å²) in [7, 11) is 1.75. The Morgan fingerprint density at radius 1 is 1.11 bits per heavy atom. The van der Waals surface area contributed by atoms with Gasteiger partial charge in [0.2, 0.25) is 0 Å². The topological polar surface area (TPSA) is 79.7 Å². The Kier molecular flexibility index (Phi) is 9.35. The zero-order valence-electron chi connectivity index (χ0n) is 27.3. The third kappa shape index (κ3) is 7.25. The Bertz CT molecular complexity index is 1500. The van der Waals surface area contributed by atoms with Crippen LogP contribution in [-0.4, -0.2) is 75.7 Å². The molecule has 1 aliphatic heterocycles. The smallest absolute Gasteiger partial charge is 0.407 e. The highest BCUT2D eigenvalue weighted by Gasteiger charge is 2.32. The van der Waals surface area contributed by atoms with Crippen LogP contribution in [0, 0.1) is 24.6 Å². The molecule has 1 N–H and O–H groups in total. The van der Waals surface area contributed by atoms with Crippen molar-refractivity contribution in [1.29, 1.82) is 0 Å². The first-order valence-corrected chi connectivity index (χ1v) is 16.0. The van der Waals surface area contributed by atoms with Gasteiger partial charge in [-0.3, -0.25) is 9.78 Å². The minimum absolute atomic E-state index is 0.00926. The molecule has 0 radical (unpaired) electrons. The van der Waals surface area contributed by atoms with Gasteiger partial charge in [-0.25, -0.2) is 9.18 Å². The van der Waals surface area contributed by atoms with E-state index in [1.54, 1.807) is 18.0 Å². The molecule has 9 heteroatoms. The van der Waals surface area contributed by atoms with E-state index in [2.05, 4.69) is 28.3 Å². The van der Waals surface area contributed by atoms with Crippen LogP contribution in [0.4, 0.5) is 9.18 Å². The number of aryl methyl sites for hydroxylation is 1. The van der Waals surface area contributed by atoms with Crippen molar-refractivity contribution in [3.8, 4) is 5.69 Å². The Morgan fingerprint density at radius 2 is 1.82 bits per heavy atom. The van der Waals surface area contributed by atoms with Crippen molar-refractivity contribution >= 4 is 22.9 Å². The zero-order valence-corrected chi connectivity index (χ0v) is 27.3. The Balaban J connectivity index is 1.23. The molecule has 0 unspecified atom stereocenters. The third-order valence-electron chi connectivity index (χ3n) is 9.15. The van der Waals surface area contributed by atoms with E-state index in [0.29, 0.717) is 23.1 Å². The van der Waals surface area contributed by atoms with Crippen molar-refractivity contribution in [2.75, 3.05) is 26.7 Å². The number of carbonyl (C=O) groups excluding carboxylic acids is 2. The molecular weight excluding hydrogens is 557 g/mol. The lowest BCUT2D eigenvalue weighted by Gasteiger charge is -2.42. The molecule has 5 rings (SSSR count). The lowest BCUT2D eigenvalue weighted by Crippen LogP contribution is -2.50. The number of nitrogens with zero attached hydrogens (tertiary/aromatic N) is 4. The molecule has 2 aliphatic rings. The van der Waals surface area contributed by atoms with Gasteiger partial charge in [0.1, 0.15) is 11.4 Å². The van der Waals surface area contributed by atoms with Gasteiger partial charge in [0, 0.05) is 56.5 Å². The fourth-order valence-corrected chi connectivity index (χ4v) is 6.70. The second-order valence-electron chi connectivity index (χ2n) is 14.2. The predicted octanol–water partition coefficient (Wildman–Crippen LogP) is 6.51. The average Bonchev–Trinajstić information content (AvgIpc) is 3.30. The Hall–Kier alpha value is -3.46. The van der Waals surface area contributed by atoms with E-state index in [4.69, 9.17) is 4.74 Å². The lowest BCUT2D eigenvalue weighted by molar-refractivity contribution is 0.0462. The van der Waals surface area contributed by atoms with Crippen molar-refractivity contribution < 1.29 is 18.7 Å². The third-order valence-corrected chi connectivity index (χ3v) is 9.15. The fraction of sp³-hybridized carbons (Fsp3) is 0.571. The number of amides is 2. The van der Waals surface area contributed by atoms with Crippen molar-refractivity contribution in [3.63, 3.8) is 0 Å². The van der Waals surface area contributed by atoms with E-state index in [1.807, 2.05) is 51.6 Å². The van der Waals surface area contributed by atoms with Gasteiger partial charge in [-0.2, -0.15) is 0 Å². The van der Waals surface area contributed by atoms with Crippen molar-refractivity contribution in [1.82, 2.24) is 24.7 Å². The number of nitrogens with one attached hydrogen (secondary N) is 1. The maximum absolute atomic E-state index is 14.4. The van der Waals surface area contributed by atoms with Crippen LogP contribution >= 0.6 is 0 Å². The molecular formula is C35H48FN5O3.